The Bertz CT molecular complexity index is 618. The molecule has 23 heavy (non-hydrogen) atoms. The average Bonchev–Trinajstić information content (AvgIpc) is 3.26. The standard InChI is InChI=1S/C16H17ClFNO4/c17-12-2-1-3-13(18)15(12)10-7-11(10)16(22)19-4-5-23-8-9(19)6-14(20)21/h1-3,9-11H,4-8H2,(H,20,21). The van der Waals surface area contributed by atoms with Crippen LogP contribution in [0.15, 0.2) is 18.2 Å². The number of aliphatic carboxylic acids is 1. The van der Waals surface area contributed by atoms with E-state index in [1.807, 2.05) is 0 Å². The number of benzene rings is 1. The van der Waals surface area contributed by atoms with Crippen LogP contribution in [0, 0.1) is 11.7 Å². The molecular weight excluding hydrogens is 325 g/mol. The zero-order valence-corrected chi connectivity index (χ0v) is 13.1. The van der Waals surface area contributed by atoms with E-state index in [2.05, 4.69) is 0 Å². The van der Waals surface area contributed by atoms with Gasteiger partial charge in [-0.3, -0.25) is 9.59 Å². The smallest absolute Gasteiger partial charge is 0.305 e. The summed E-state index contributed by atoms with van der Waals surface area (Å²) in [4.78, 5) is 25.2. The second-order valence-electron chi connectivity index (χ2n) is 5.94. The first-order chi connectivity index (χ1) is 11.0. The molecule has 1 aromatic rings. The maximum Gasteiger partial charge on any atom is 0.305 e. The highest BCUT2D eigenvalue weighted by atomic mass is 35.5. The summed E-state index contributed by atoms with van der Waals surface area (Å²) in [5.41, 5.74) is 0.385. The fourth-order valence-corrected chi connectivity index (χ4v) is 3.48. The summed E-state index contributed by atoms with van der Waals surface area (Å²) in [6.45, 7) is 0.973. The van der Waals surface area contributed by atoms with Crippen LogP contribution in [0.2, 0.25) is 5.02 Å². The Balaban J connectivity index is 1.73. The van der Waals surface area contributed by atoms with E-state index in [0.717, 1.165) is 0 Å². The highest BCUT2D eigenvalue weighted by Gasteiger charge is 2.49. The van der Waals surface area contributed by atoms with Gasteiger partial charge in [-0.2, -0.15) is 0 Å². The summed E-state index contributed by atoms with van der Waals surface area (Å²) < 4.78 is 19.2. The van der Waals surface area contributed by atoms with Crippen molar-refractivity contribution in [1.82, 2.24) is 4.90 Å². The number of ether oxygens (including phenoxy) is 1. The van der Waals surface area contributed by atoms with E-state index in [-0.39, 0.29) is 30.8 Å². The highest BCUT2D eigenvalue weighted by molar-refractivity contribution is 6.31. The van der Waals surface area contributed by atoms with E-state index in [1.165, 1.54) is 12.1 Å². The first-order valence-electron chi connectivity index (χ1n) is 7.53. The molecule has 1 aromatic carbocycles. The first-order valence-corrected chi connectivity index (χ1v) is 7.90. The lowest BCUT2D eigenvalue weighted by Gasteiger charge is -2.35. The lowest BCUT2D eigenvalue weighted by molar-refractivity contribution is -0.147. The zero-order chi connectivity index (χ0) is 16.6. The van der Waals surface area contributed by atoms with Crippen molar-refractivity contribution in [3.63, 3.8) is 0 Å². The van der Waals surface area contributed by atoms with Crippen LogP contribution < -0.4 is 0 Å². The van der Waals surface area contributed by atoms with Crippen molar-refractivity contribution in [2.24, 2.45) is 5.92 Å². The Labute approximate surface area is 138 Å². The number of rotatable bonds is 4. The number of amides is 1. The van der Waals surface area contributed by atoms with Gasteiger partial charge < -0.3 is 14.7 Å². The molecule has 1 aliphatic heterocycles. The number of carbonyl (C=O) groups excluding carboxylic acids is 1. The number of carboxylic acids is 1. The largest absolute Gasteiger partial charge is 0.481 e. The third-order valence-electron chi connectivity index (χ3n) is 4.40. The molecule has 3 unspecified atom stereocenters. The molecule has 3 rings (SSSR count). The Morgan fingerprint density at radius 3 is 2.91 bits per heavy atom. The molecule has 7 heteroatoms. The Hall–Kier alpha value is -1.66. The second kappa shape index (κ2) is 6.45. The molecule has 1 amide bonds. The number of carboxylic acid groups (broad SMARTS) is 1. The minimum Gasteiger partial charge on any atom is -0.481 e. The fourth-order valence-electron chi connectivity index (χ4n) is 3.18. The van der Waals surface area contributed by atoms with Crippen LogP contribution in [0.25, 0.3) is 0 Å². The Kier molecular flexibility index (Phi) is 4.55. The van der Waals surface area contributed by atoms with Crippen molar-refractivity contribution in [3.8, 4) is 0 Å². The monoisotopic (exact) mass is 341 g/mol. The topological polar surface area (TPSA) is 66.8 Å². The summed E-state index contributed by atoms with van der Waals surface area (Å²) in [6, 6.07) is 4.02. The summed E-state index contributed by atoms with van der Waals surface area (Å²) in [7, 11) is 0. The van der Waals surface area contributed by atoms with Gasteiger partial charge in [0.05, 0.1) is 25.7 Å². The molecule has 0 spiro atoms. The molecule has 1 N–H and O–H groups in total. The average molecular weight is 342 g/mol. The second-order valence-corrected chi connectivity index (χ2v) is 6.35. The SMILES string of the molecule is O=C(O)CC1COCCN1C(=O)C1CC1c1c(F)cccc1Cl. The van der Waals surface area contributed by atoms with Crippen LogP contribution in [0.3, 0.4) is 0 Å². The molecule has 1 aliphatic carbocycles. The Morgan fingerprint density at radius 2 is 2.22 bits per heavy atom. The molecule has 2 fully saturated rings. The molecule has 1 saturated carbocycles. The van der Waals surface area contributed by atoms with Crippen LogP contribution in [0.5, 0.6) is 0 Å². The van der Waals surface area contributed by atoms with Crippen molar-refractivity contribution in [2.45, 2.75) is 24.8 Å². The molecule has 1 saturated heterocycles. The van der Waals surface area contributed by atoms with Gasteiger partial charge >= 0.3 is 5.97 Å². The molecule has 0 aromatic heterocycles. The number of hydrogen-bond acceptors (Lipinski definition) is 3. The lowest BCUT2D eigenvalue weighted by atomic mass is 10.1. The maximum absolute atomic E-state index is 14.0. The molecule has 124 valence electrons. The first kappa shape index (κ1) is 16.2. The van der Waals surface area contributed by atoms with Crippen LogP contribution >= 0.6 is 11.6 Å². The van der Waals surface area contributed by atoms with Crippen molar-refractivity contribution in [2.75, 3.05) is 19.8 Å². The van der Waals surface area contributed by atoms with Crippen molar-refractivity contribution < 1.29 is 23.8 Å². The zero-order valence-electron chi connectivity index (χ0n) is 12.4. The molecule has 2 aliphatic rings. The van der Waals surface area contributed by atoms with E-state index in [4.69, 9.17) is 21.4 Å². The predicted molar refractivity (Wildman–Crippen MR) is 80.8 cm³/mol. The summed E-state index contributed by atoms with van der Waals surface area (Å²) in [5.74, 6) is -2.07. The van der Waals surface area contributed by atoms with Crippen LogP contribution in [-0.4, -0.2) is 47.7 Å². The van der Waals surface area contributed by atoms with E-state index in [9.17, 15) is 14.0 Å². The number of carbonyl (C=O) groups is 2. The van der Waals surface area contributed by atoms with Crippen molar-refractivity contribution in [3.05, 3.63) is 34.6 Å². The molecule has 3 atom stereocenters. The number of morpholine rings is 1. The maximum atomic E-state index is 14.0. The molecular formula is C16H17ClFNO4. The molecule has 0 bridgehead atoms. The Morgan fingerprint density at radius 1 is 1.43 bits per heavy atom. The fraction of sp³-hybridized carbons (Fsp3) is 0.500. The van der Waals surface area contributed by atoms with E-state index in [1.54, 1.807) is 11.0 Å². The lowest BCUT2D eigenvalue weighted by Crippen LogP contribution is -2.50. The number of halogens is 2. The molecule has 1 heterocycles. The minimum absolute atomic E-state index is 0.135. The van der Waals surface area contributed by atoms with E-state index < -0.39 is 17.8 Å². The van der Waals surface area contributed by atoms with Gasteiger partial charge in [-0.15, -0.1) is 0 Å². The van der Waals surface area contributed by atoms with Gasteiger partial charge in [0.2, 0.25) is 5.91 Å². The van der Waals surface area contributed by atoms with Crippen LogP contribution in [0.4, 0.5) is 4.39 Å². The van der Waals surface area contributed by atoms with Gasteiger partial charge in [-0.1, -0.05) is 17.7 Å². The van der Waals surface area contributed by atoms with Crippen molar-refractivity contribution >= 4 is 23.5 Å². The third kappa shape index (κ3) is 3.33. The van der Waals surface area contributed by atoms with Gasteiger partial charge in [0.15, 0.2) is 0 Å². The quantitative estimate of drug-likeness (QED) is 0.912. The van der Waals surface area contributed by atoms with Crippen molar-refractivity contribution in [1.29, 1.82) is 0 Å². The van der Waals surface area contributed by atoms with Gasteiger partial charge in [0.25, 0.3) is 0 Å². The summed E-state index contributed by atoms with van der Waals surface area (Å²) >= 11 is 6.06. The summed E-state index contributed by atoms with van der Waals surface area (Å²) in [5, 5.41) is 9.29. The van der Waals surface area contributed by atoms with E-state index in [0.29, 0.717) is 30.2 Å². The highest BCUT2D eigenvalue weighted by Crippen LogP contribution is 2.51. The number of hydrogen-bond donors (Lipinski definition) is 1. The van der Waals surface area contributed by atoms with Gasteiger partial charge in [-0.25, -0.2) is 4.39 Å². The minimum atomic E-state index is -0.970. The summed E-state index contributed by atoms with van der Waals surface area (Å²) in [6.07, 6.45) is 0.389. The predicted octanol–water partition coefficient (Wildman–Crippen LogP) is 2.28. The number of nitrogens with zero attached hydrogens (tertiary/aromatic N) is 1. The van der Waals surface area contributed by atoms with Gasteiger partial charge in [0, 0.05) is 29.0 Å². The third-order valence-corrected chi connectivity index (χ3v) is 4.73. The molecule has 5 nitrogen and oxygen atoms in total. The van der Waals surface area contributed by atoms with E-state index >= 15 is 0 Å². The van der Waals surface area contributed by atoms with Crippen LogP contribution in [0.1, 0.15) is 24.3 Å². The normalized spacial score (nSPS) is 26.9. The molecule has 0 radical (unpaired) electrons. The van der Waals surface area contributed by atoms with Gasteiger partial charge in [0.1, 0.15) is 5.82 Å². The van der Waals surface area contributed by atoms with Gasteiger partial charge in [-0.05, 0) is 18.6 Å². The van der Waals surface area contributed by atoms with Crippen LogP contribution in [-0.2, 0) is 14.3 Å².